The number of nitrogens with zero attached hydrogens (tertiary/aromatic N) is 2. The Kier molecular flexibility index (Phi) is 4.37. The van der Waals surface area contributed by atoms with Crippen molar-refractivity contribution < 1.29 is 12.6 Å². The molecule has 0 unspecified atom stereocenters. The Bertz CT molecular complexity index is 962. The molecular formula is C12H10Cl2N2O5S. The number of aromatic nitrogens is 2. The van der Waals surface area contributed by atoms with E-state index in [1.807, 2.05) is 0 Å². The van der Waals surface area contributed by atoms with Crippen molar-refractivity contribution in [3.05, 3.63) is 55.3 Å². The van der Waals surface area contributed by atoms with Gasteiger partial charge < -0.3 is 8.75 Å². The van der Waals surface area contributed by atoms with E-state index < -0.39 is 26.3 Å². The van der Waals surface area contributed by atoms with Crippen molar-refractivity contribution in [2.45, 2.75) is 4.90 Å². The third-order valence-electron chi connectivity index (χ3n) is 2.80. The van der Waals surface area contributed by atoms with Crippen molar-refractivity contribution in [3.63, 3.8) is 0 Å². The second kappa shape index (κ2) is 5.79. The molecule has 1 heterocycles. The fraction of sp³-hybridized carbons (Fsp3) is 0.167. The van der Waals surface area contributed by atoms with E-state index in [-0.39, 0.29) is 15.8 Å². The fourth-order valence-electron chi connectivity index (χ4n) is 1.66. The summed E-state index contributed by atoms with van der Waals surface area (Å²) < 4.78 is 31.0. The van der Waals surface area contributed by atoms with Gasteiger partial charge in [0, 0.05) is 20.3 Å². The van der Waals surface area contributed by atoms with E-state index in [4.69, 9.17) is 27.4 Å². The highest BCUT2D eigenvalue weighted by Crippen LogP contribution is 2.32. The standard InChI is InChI=1S/C12H10Cl2N2O5S/c1-15-6-9(11(17)16(2)12(15)18)22(19,20)21-8-5-3-4-7(13)10(8)14/h3-6H,1-2H3. The van der Waals surface area contributed by atoms with Crippen molar-refractivity contribution >= 4 is 33.3 Å². The smallest absolute Gasteiger partial charge is 0.346 e. The van der Waals surface area contributed by atoms with Crippen molar-refractivity contribution in [1.82, 2.24) is 9.13 Å². The van der Waals surface area contributed by atoms with Crippen LogP contribution in [0.5, 0.6) is 5.75 Å². The van der Waals surface area contributed by atoms with E-state index in [1.54, 1.807) is 0 Å². The van der Waals surface area contributed by atoms with Crippen LogP contribution in [0.1, 0.15) is 0 Å². The highest BCUT2D eigenvalue weighted by molar-refractivity contribution is 7.87. The van der Waals surface area contributed by atoms with E-state index in [0.717, 1.165) is 17.8 Å². The first-order chi connectivity index (χ1) is 10.1. The lowest BCUT2D eigenvalue weighted by molar-refractivity contribution is 0.480. The summed E-state index contributed by atoms with van der Waals surface area (Å²) in [5.41, 5.74) is -1.66. The normalized spacial score (nSPS) is 11.5. The minimum atomic E-state index is -4.48. The zero-order valence-electron chi connectivity index (χ0n) is 11.4. The van der Waals surface area contributed by atoms with Gasteiger partial charge in [0.05, 0.1) is 5.02 Å². The van der Waals surface area contributed by atoms with Crippen LogP contribution in [-0.2, 0) is 24.2 Å². The second-order valence-corrected chi connectivity index (χ2v) is 6.64. The molecule has 118 valence electrons. The topological polar surface area (TPSA) is 87.4 Å². The molecule has 2 aromatic rings. The molecule has 0 bridgehead atoms. The van der Waals surface area contributed by atoms with Gasteiger partial charge in [0.25, 0.3) is 5.56 Å². The number of benzene rings is 1. The van der Waals surface area contributed by atoms with Crippen LogP contribution in [0, 0.1) is 0 Å². The first-order valence-electron chi connectivity index (χ1n) is 5.80. The van der Waals surface area contributed by atoms with E-state index in [9.17, 15) is 18.0 Å². The third-order valence-corrected chi connectivity index (χ3v) is 4.82. The Morgan fingerprint density at radius 3 is 2.41 bits per heavy atom. The van der Waals surface area contributed by atoms with Gasteiger partial charge in [-0.25, -0.2) is 4.79 Å². The molecule has 0 fully saturated rings. The van der Waals surface area contributed by atoms with Crippen LogP contribution < -0.4 is 15.4 Å². The highest BCUT2D eigenvalue weighted by atomic mass is 35.5. The molecule has 0 saturated carbocycles. The lowest BCUT2D eigenvalue weighted by atomic mass is 10.3. The van der Waals surface area contributed by atoms with Crippen LogP contribution in [0.3, 0.4) is 0 Å². The molecule has 0 N–H and O–H groups in total. The summed E-state index contributed by atoms with van der Waals surface area (Å²) in [6.45, 7) is 0. The minimum Gasteiger partial charge on any atom is -0.377 e. The molecule has 0 spiro atoms. The first-order valence-corrected chi connectivity index (χ1v) is 7.96. The van der Waals surface area contributed by atoms with Gasteiger partial charge in [-0.3, -0.25) is 9.36 Å². The summed E-state index contributed by atoms with van der Waals surface area (Å²) in [4.78, 5) is 22.9. The molecular weight excluding hydrogens is 355 g/mol. The highest BCUT2D eigenvalue weighted by Gasteiger charge is 2.25. The molecule has 7 nitrogen and oxygen atoms in total. The van der Waals surface area contributed by atoms with Crippen LogP contribution in [0.2, 0.25) is 10.0 Å². The predicted molar refractivity (Wildman–Crippen MR) is 81.2 cm³/mol. The van der Waals surface area contributed by atoms with Gasteiger partial charge in [-0.1, -0.05) is 29.3 Å². The number of aryl methyl sites for hydroxylation is 1. The van der Waals surface area contributed by atoms with Crippen molar-refractivity contribution in [2.75, 3.05) is 0 Å². The number of rotatable bonds is 3. The Labute approximate surface area is 135 Å². The lowest BCUT2D eigenvalue weighted by Crippen LogP contribution is -2.39. The molecule has 22 heavy (non-hydrogen) atoms. The van der Waals surface area contributed by atoms with Crippen LogP contribution in [0.15, 0.2) is 38.9 Å². The minimum absolute atomic E-state index is 0.0998. The van der Waals surface area contributed by atoms with Crippen molar-refractivity contribution in [3.8, 4) is 5.75 Å². The van der Waals surface area contributed by atoms with E-state index in [2.05, 4.69) is 0 Å². The summed E-state index contributed by atoms with van der Waals surface area (Å²) in [5, 5.41) is -0.00267. The van der Waals surface area contributed by atoms with Gasteiger partial charge in [0.15, 0.2) is 10.6 Å². The summed E-state index contributed by atoms with van der Waals surface area (Å²) in [6.07, 6.45) is 0.887. The number of hydrogen-bond donors (Lipinski definition) is 0. The monoisotopic (exact) mass is 364 g/mol. The molecule has 1 aromatic heterocycles. The maximum absolute atomic E-state index is 12.2. The third kappa shape index (κ3) is 2.90. The molecule has 0 radical (unpaired) electrons. The average Bonchev–Trinajstić information content (AvgIpc) is 2.45. The molecule has 0 amide bonds. The van der Waals surface area contributed by atoms with Crippen LogP contribution in [0.4, 0.5) is 0 Å². The van der Waals surface area contributed by atoms with E-state index in [1.165, 1.54) is 25.2 Å². The van der Waals surface area contributed by atoms with E-state index >= 15 is 0 Å². The van der Waals surface area contributed by atoms with Gasteiger partial charge in [0.2, 0.25) is 0 Å². The molecule has 2 rings (SSSR count). The van der Waals surface area contributed by atoms with E-state index in [0.29, 0.717) is 4.57 Å². The number of hydrogen-bond acceptors (Lipinski definition) is 5. The Morgan fingerprint density at radius 2 is 1.77 bits per heavy atom. The van der Waals surface area contributed by atoms with Crippen molar-refractivity contribution in [2.24, 2.45) is 14.1 Å². The van der Waals surface area contributed by atoms with Crippen LogP contribution in [0.25, 0.3) is 0 Å². The first kappa shape index (κ1) is 16.6. The molecule has 1 aromatic carbocycles. The second-order valence-electron chi connectivity index (χ2n) is 4.34. The lowest BCUT2D eigenvalue weighted by Gasteiger charge is -2.10. The zero-order chi connectivity index (χ0) is 16.7. The predicted octanol–water partition coefficient (Wildman–Crippen LogP) is 1.16. The number of halogens is 2. The molecule has 0 aliphatic heterocycles. The Morgan fingerprint density at radius 1 is 1.14 bits per heavy atom. The largest absolute Gasteiger partial charge is 0.377 e. The maximum Gasteiger partial charge on any atom is 0.346 e. The quantitative estimate of drug-likeness (QED) is 0.762. The Balaban J connectivity index is 2.60. The van der Waals surface area contributed by atoms with Gasteiger partial charge in [-0.05, 0) is 12.1 Å². The summed E-state index contributed by atoms with van der Waals surface area (Å²) in [5.74, 6) is -0.218. The fourth-order valence-corrected chi connectivity index (χ4v) is 3.14. The molecule has 0 aliphatic rings. The van der Waals surface area contributed by atoms with Crippen LogP contribution in [-0.4, -0.2) is 17.6 Å². The molecule has 0 atom stereocenters. The summed E-state index contributed by atoms with van der Waals surface area (Å²) in [6, 6.07) is 4.19. The summed E-state index contributed by atoms with van der Waals surface area (Å²) in [7, 11) is -2.01. The zero-order valence-corrected chi connectivity index (χ0v) is 13.7. The maximum atomic E-state index is 12.2. The van der Waals surface area contributed by atoms with Crippen molar-refractivity contribution in [1.29, 1.82) is 0 Å². The average molecular weight is 365 g/mol. The van der Waals surface area contributed by atoms with Gasteiger partial charge in [0.1, 0.15) is 5.02 Å². The van der Waals surface area contributed by atoms with Crippen LogP contribution >= 0.6 is 23.2 Å². The van der Waals surface area contributed by atoms with Gasteiger partial charge >= 0.3 is 15.8 Å². The van der Waals surface area contributed by atoms with Gasteiger partial charge in [-0.2, -0.15) is 8.42 Å². The molecule has 0 saturated heterocycles. The Hall–Kier alpha value is -1.77. The van der Waals surface area contributed by atoms with Gasteiger partial charge in [-0.15, -0.1) is 0 Å². The molecule has 0 aliphatic carbocycles. The summed E-state index contributed by atoms with van der Waals surface area (Å²) >= 11 is 11.6. The molecule has 10 heteroatoms. The SMILES string of the molecule is Cn1cc(S(=O)(=O)Oc2cccc(Cl)c2Cl)c(=O)n(C)c1=O.